The fourth-order valence-electron chi connectivity index (χ4n) is 3.32. The Morgan fingerprint density at radius 3 is 2.76 bits per heavy atom. The molecule has 33 heavy (non-hydrogen) atoms. The van der Waals surface area contributed by atoms with E-state index in [4.69, 9.17) is 14.2 Å². The molecular formula is C22H23N5O5S. The van der Waals surface area contributed by atoms with Gasteiger partial charge >= 0.3 is 5.76 Å². The molecule has 0 saturated heterocycles. The summed E-state index contributed by atoms with van der Waals surface area (Å²) in [6, 6.07) is 9.54. The van der Waals surface area contributed by atoms with Crippen LogP contribution >= 0.6 is 11.3 Å². The van der Waals surface area contributed by atoms with Crippen LogP contribution in [0.2, 0.25) is 0 Å². The number of aromatic nitrogens is 4. The number of nitrogens with one attached hydrogen (secondary N) is 2. The second-order valence-corrected chi connectivity index (χ2v) is 7.85. The minimum absolute atomic E-state index is 0.319. The molecule has 0 fully saturated rings. The molecule has 0 aliphatic carbocycles. The monoisotopic (exact) mass is 469 g/mol. The predicted molar refractivity (Wildman–Crippen MR) is 124 cm³/mol. The summed E-state index contributed by atoms with van der Waals surface area (Å²) >= 11 is 1.39. The summed E-state index contributed by atoms with van der Waals surface area (Å²) < 4.78 is 21.2. The average Bonchev–Trinajstić information content (AvgIpc) is 3.45. The first-order chi connectivity index (χ1) is 16.1. The van der Waals surface area contributed by atoms with Crippen molar-refractivity contribution in [1.82, 2.24) is 20.1 Å². The molecule has 0 bridgehead atoms. The summed E-state index contributed by atoms with van der Waals surface area (Å²) in [6.45, 7) is 2.99. The van der Waals surface area contributed by atoms with Gasteiger partial charge in [-0.3, -0.25) is 9.51 Å². The first-order valence-electron chi connectivity index (χ1n) is 10.2. The zero-order valence-corrected chi connectivity index (χ0v) is 19.2. The van der Waals surface area contributed by atoms with Crippen LogP contribution < -0.4 is 25.3 Å². The minimum atomic E-state index is -0.622. The van der Waals surface area contributed by atoms with Crippen LogP contribution in [0.25, 0.3) is 21.3 Å². The summed E-state index contributed by atoms with van der Waals surface area (Å²) in [5.41, 5.74) is 1.75. The highest BCUT2D eigenvalue weighted by Gasteiger charge is 2.18. The van der Waals surface area contributed by atoms with Crippen LogP contribution in [0.15, 0.2) is 46.0 Å². The molecule has 0 aliphatic rings. The summed E-state index contributed by atoms with van der Waals surface area (Å²) in [7, 11) is 3.25. The lowest BCUT2D eigenvalue weighted by Crippen LogP contribution is -2.08. The minimum Gasteiger partial charge on any atom is -0.493 e. The van der Waals surface area contributed by atoms with Crippen LogP contribution in [-0.2, 0) is 6.42 Å². The fraction of sp³-hybridized carbons (Fsp3) is 0.273. The zero-order chi connectivity index (χ0) is 23.2. The van der Waals surface area contributed by atoms with E-state index in [-0.39, 0.29) is 0 Å². The van der Waals surface area contributed by atoms with Crippen molar-refractivity contribution in [3.8, 4) is 38.5 Å². The van der Waals surface area contributed by atoms with Gasteiger partial charge in [0.1, 0.15) is 22.8 Å². The van der Waals surface area contributed by atoms with Gasteiger partial charge in [-0.2, -0.15) is 0 Å². The number of aromatic amines is 1. The molecule has 0 atom stereocenters. The molecule has 2 N–H and O–H groups in total. The van der Waals surface area contributed by atoms with E-state index in [0.717, 1.165) is 28.3 Å². The van der Waals surface area contributed by atoms with Gasteiger partial charge in [0, 0.05) is 18.7 Å². The van der Waals surface area contributed by atoms with Crippen LogP contribution in [-0.4, -0.2) is 47.5 Å². The maximum Gasteiger partial charge on any atom is 0.439 e. The van der Waals surface area contributed by atoms with E-state index in [1.807, 2.05) is 37.3 Å². The molecule has 172 valence electrons. The number of hydrogen-bond donors (Lipinski definition) is 2. The Labute approximate surface area is 193 Å². The van der Waals surface area contributed by atoms with E-state index in [1.165, 1.54) is 17.7 Å². The summed E-state index contributed by atoms with van der Waals surface area (Å²) in [5, 5.41) is 7.10. The van der Waals surface area contributed by atoms with E-state index in [1.54, 1.807) is 14.2 Å². The van der Waals surface area contributed by atoms with Crippen molar-refractivity contribution in [2.75, 3.05) is 32.7 Å². The normalized spacial score (nSPS) is 10.8. The van der Waals surface area contributed by atoms with Gasteiger partial charge in [-0.15, -0.1) is 11.3 Å². The van der Waals surface area contributed by atoms with Crippen molar-refractivity contribution in [1.29, 1.82) is 0 Å². The number of hydrogen-bond acceptors (Lipinski definition) is 10. The van der Waals surface area contributed by atoms with E-state index in [9.17, 15) is 4.79 Å². The van der Waals surface area contributed by atoms with Gasteiger partial charge in [-0.1, -0.05) is 17.3 Å². The molecule has 0 saturated carbocycles. The average molecular weight is 470 g/mol. The molecule has 0 unspecified atom stereocenters. The topological polar surface area (TPSA) is 124 Å². The highest BCUT2D eigenvalue weighted by molar-refractivity contribution is 7.19. The number of thiophene rings is 1. The Balaban J connectivity index is 1.51. The molecule has 11 heteroatoms. The number of nitrogens with zero attached hydrogens (tertiary/aromatic N) is 3. The number of anilines is 1. The van der Waals surface area contributed by atoms with Crippen molar-refractivity contribution in [3.05, 3.63) is 52.8 Å². The Morgan fingerprint density at radius 2 is 2.03 bits per heavy atom. The van der Waals surface area contributed by atoms with Crippen LogP contribution in [0.5, 0.6) is 17.2 Å². The maximum absolute atomic E-state index is 11.4. The number of H-pyrrole nitrogens is 1. The van der Waals surface area contributed by atoms with E-state index in [2.05, 4.69) is 29.9 Å². The van der Waals surface area contributed by atoms with Gasteiger partial charge < -0.3 is 19.5 Å². The lowest BCUT2D eigenvalue weighted by molar-refractivity contribution is 0.342. The SMILES string of the molecule is CCOc1cc(-c2cc(NCCc3cccc(OC)c3OC)ncn2)sc1-c1noc(=O)[nH]1. The Morgan fingerprint density at radius 1 is 1.15 bits per heavy atom. The van der Waals surface area contributed by atoms with E-state index >= 15 is 0 Å². The Bertz CT molecular complexity index is 1280. The van der Waals surface area contributed by atoms with Crippen LogP contribution in [0, 0.1) is 0 Å². The molecule has 1 aromatic carbocycles. The van der Waals surface area contributed by atoms with Crippen LogP contribution in [0.4, 0.5) is 5.82 Å². The number of para-hydroxylation sites is 1. The molecular weight excluding hydrogens is 446 g/mol. The smallest absolute Gasteiger partial charge is 0.439 e. The van der Waals surface area contributed by atoms with E-state index in [0.29, 0.717) is 41.2 Å². The standard InChI is InChI=1S/C22H23N5O5S/c1-4-31-16-11-17(33-20(16)21-26-22(28)32-27-21)14-10-18(25-12-24-14)23-9-8-13-6-5-7-15(29-2)19(13)30-3/h5-7,10-12H,4,8-9H2,1-3H3,(H,23,24,25)(H,26,27,28). The van der Waals surface area contributed by atoms with Crippen molar-refractivity contribution in [2.24, 2.45) is 0 Å². The van der Waals surface area contributed by atoms with Gasteiger partial charge in [-0.05, 0) is 25.0 Å². The van der Waals surface area contributed by atoms with E-state index < -0.39 is 5.76 Å². The highest BCUT2D eigenvalue weighted by atomic mass is 32.1. The first-order valence-corrected chi connectivity index (χ1v) is 11.0. The summed E-state index contributed by atoms with van der Waals surface area (Å²) in [6.07, 6.45) is 2.22. The summed E-state index contributed by atoms with van der Waals surface area (Å²) in [4.78, 5) is 24.1. The maximum atomic E-state index is 11.4. The van der Waals surface area contributed by atoms with Crippen LogP contribution in [0.3, 0.4) is 0 Å². The molecule has 4 rings (SSSR count). The molecule has 10 nitrogen and oxygen atoms in total. The van der Waals surface area contributed by atoms with Crippen molar-refractivity contribution in [3.63, 3.8) is 0 Å². The lowest BCUT2D eigenvalue weighted by atomic mass is 10.1. The largest absolute Gasteiger partial charge is 0.493 e. The number of ether oxygens (including phenoxy) is 3. The predicted octanol–water partition coefficient (Wildman–Crippen LogP) is 3.62. The van der Waals surface area contributed by atoms with Gasteiger partial charge in [0.05, 0.1) is 31.4 Å². The second kappa shape index (κ2) is 10.2. The van der Waals surface area contributed by atoms with Gasteiger partial charge in [0.25, 0.3) is 0 Å². The van der Waals surface area contributed by atoms with Crippen molar-refractivity contribution < 1.29 is 18.7 Å². The molecule has 3 heterocycles. The Kier molecular flexibility index (Phi) is 6.89. The fourth-order valence-corrected chi connectivity index (χ4v) is 4.33. The molecule has 0 radical (unpaired) electrons. The molecule has 4 aromatic rings. The zero-order valence-electron chi connectivity index (χ0n) is 18.4. The van der Waals surface area contributed by atoms with Crippen LogP contribution in [0.1, 0.15) is 12.5 Å². The van der Waals surface area contributed by atoms with Gasteiger partial charge in [-0.25, -0.2) is 14.8 Å². The number of benzene rings is 1. The third kappa shape index (κ3) is 4.98. The number of methoxy groups -OCH3 is 2. The number of rotatable bonds is 10. The van der Waals surface area contributed by atoms with Crippen molar-refractivity contribution in [2.45, 2.75) is 13.3 Å². The molecule has 3 aromatic heterocycles. The highest BCUT2D eigenvalue weighted by Crippen LogP contribution is 2.41. The molecule has 0 amide bonds. The van der Waals surface area contributed by atoms with Crippen molar-refractivity contribution >= 4 is 17.2 Å². The third-order valence-corrected chi connectivity index (χ3v) is 5.90. The van der Waals surface area contributed by atoms with Gasteiger partial charge in [0.2, 0.25) is 0 Å². The van der Waals surface area contributed by atoms with Gasteiger partial charge in [0.15, 0.2) is 17.3 Å². The Hall–Kier alpha value is -3.86. The molecule has 0 spiro atoms. The first kappa shape index (κ1) is 22.3. The summed E-state index contributed by atoms with van der Waals surface area (Å²) in [5.74, 6) is 2.41. The lowest BCUT2D eigenvalue weighted by Gasteiger charge is -2.13. The third-order valence-electron chi connectivity index (χ3n) is 4.76. The quantitative estimate of drug-likeness (QED) is 0.358. The second-order valence-electron chi connectivity index (χ2n) is 6.80. The molecule has 0 aliphatic heterocycles.